The maximum atomic E-state index is 11.3. The van der Waals surface area contributed by atoms with Crippen LogP contribution >= 0.6 is 0 Å². The molecule has 0 spiro atoms. The Hall–Kier alpha value is -1.23. The predicted molar refractivity (Wildman–Crippen MR) is 145 cm³/mol. The zero-order valence-corrected chi connectivity index (χ0v) is 23.8. The molecule has 0 aromatic carbocycles. The van der Waals surface area contributed by atoms with Gasteiger partial charge in [0.2, 0.25) is 0 Å². The Morgan fingerprint density at radius 1 is 1.26 bits per heavy atom. The first-order chi connectivity index (χ1) is 16.3. The van der Waals surface area contributed by atoms with Gasteiger partial charge in [-0.2, -0.15) is 0 Å². The van der Waals surface area contributed by atoms with Crippen molar-refractivity contribution in [3.63, 3.8) is 0 Å². The van der Waals surface area contributed by atoms with Crippen LogP contribution in [0.4, 0.5) is 0 Å². The molecule has 0 radical (unpaired) electrons. The molecule has 0 aromatic heterocycles. The number of aliphatic hydroxyl groups excluding tert-OH is 1. The zero-order valence-electron chi connectivity index (χ0n) is 23.8. The molecule has 0 amide bonds. The number of allylic oxidation sites excluding steroid dienone is 2. The van der Waals surface area contributed by atoms with E-state index in [9.17, 15) is 15.0 Å². The molecule has 2 rings (SSSR count). The summed E-state index contributed by atoms with van der Waals surface area (Å²) < 4.78 is 6.93. The standard InChI is InChI=1S/C31H52O4/c1-9-31-25(5)24(4)28(33)21-27(31)16-20-30(8,35-31)19-11-14-22(2)13-10-17-29(7,34)18-12-15-23(3)26(6)32/h15,21-22,28,33-34H,9-14,16-20H2,1-8H3/b23-15+. The summed E-state index contributed by atoms with van der Waals surface area (Å²) in [5.74, 6) is 0.731. The van der Waals surface area contributed by atoms with E-state index in [0.29, 0.717) is 12.3 Å². The average Bonchev–Trinajstić information content (AvgIpc) is 2.78. The summed E-state index contributed by atoms with van der Waals surface area (Å²) in [5, 5.41) is 21.1. The minimum Gasteiger partial charge on any atom is -0.390 e. The second-order valence-corrected chi connectivity index (χ2v) is 12.0. The molecule has 1 saturated heterocycles. The third-order valence-electron chi connectivity index (χ3n) is 8.86. The molecule has 2 aliphatic rings. The van der Waals surface area contributed by atoms with Gasteiger partial charge in [-0.1, -0.05) is 45.6 Å². The van der Waals surface area contributed by atoms with Crippen molar-refractivity contribution in [2.45, 2.75) is 149 Å². The van der Waals surface area contributed by atoms with Gasteiger partial charge in [-0.15, -0.1) is 0 Å². The van der Waals surface area contributed by atoms with Crippen molar-refractivity contribution in [3.8, 4) is 0 Å². The molecule has 4 heteroatoms. The van der Waals surface area contributed by atoms with Crippen molar-refractivity contribution >= 4 is 5.78 Å². The largest absolute Gasteiger partial charge is 0.390 e. The van der Waals surface area contributed by atoms with Gasteiger partial charge in [-0.3, -0.25) is 4.79 Å². The van der Waals surface area contributed by atoms with Crippen LogP contribution in [-0.4, -0.2) is 38.9 Å². The number of carbonyl (C=O) groups excluding carboxylic acids is 1. The first-order valence-corrected chi connectivity index (χ1v) is 13.9. The number of hydrogen-bond acceptors (Lipinski definition) is 4. The summed E-state index contributed by atoms with van der Waals surface area (Å²) in [6, 6.07) is 0. The Kier molecular flexibility index (Phi) is 10.6. The van der Waals surface area contributed by atoms with Crippen LogP contribution in [0, 0.1) is 5.92 Å². The molecular formula is C31H52O4. The lowest BCUT2D eigenvalue weighted by Gasteiger charge is -2.51. The summed E-state index contributed by atoms with van der Waals surface area (Å²) in [4.78, 5) is 11.3. The van der Waals surface area contributed by atoms with Gasteiger partial charge in [0.25, 0.3) is 0 Å². The molecule has 1 fully saturated rings. The Bertz CT molecular complexity index is 833. The van der Waals surface area contributed by atoms with Gasteiger partial charge in [0.1, 0.15) is 5.60 Å². The topological polar surface area (TPSA) is 66.8 Å². The number of ketones is 1. The number of hydrogen-bond donors (Lipinski definition) is 2. The first kappa shape index (κ1) is 30.0. The maximum absolute atomic E-state index is 11.3. The van der Waals surface area contributed by atoms with E-state index in [-0.39, 0.29) is 17.0 Å². The monoisotopic (exact) mass is 488 g/mol. The van der Waals surface area contributed by atoms with E-state index in [4.69, 9.17) is 4.74 Å². The molecule has 1 aliphatic heterocycles. The lowest BCUT2D eigenvalue weighted by atomic mass is 9.70. The maximum Gasteiger partial charge on any atom is 0.155 e. The van der Waals surface area contributed by atoms with Gasteiger partial charge < -0.3 is 14.9 Å². The molecular weight excluding hydrogens is 436 g/mol. The summed E-state index contributed by atoms with van der Waals surface area (Å²) in [7, 11) is 0. The second-order valence-electron chi connectivity index (χ2n) is 12.0. The third kappa shape index (κ3) is 7.87. The number of rotatable bonds is 13. The van der Waals surface area contributed by atoms with Crippen LogP contribution in [0.2, 0.25) is 0 Å². The summed E-state index contributed by atoms with van der Waals surface area (Å²) >= 11 is 0. The Labute approximate surface area is 214 Å². The van der Waals surface area contributed by atoms with Crippen LogP contribution in [0.15, 0.2) is 34.4 Å². The van der Waals surface area contributed by atoms with Crippen LogP contribution in [-0.2, 0) is 9.53 Å². The Balaban J connectivity index is 1.79. The zero-order chi connectivity index (χ0) is 26.4. The lowest BCUT2D eigenvalue weighted by Crippen LogP contribution is -2.51. The van der Waals surface area contributed by atoms with E-state index in [1.807, 2.05) is 32.9 Å². The number of carbonyl (C=O) groups is 1. The van der Waals surface area contributed by atoms with Crippen LogP contribution in [0.5, 0.6) is 0 Å². The molecule has 200 valence electrons. The van der Waals surface area contributed by atoms with E-state index < -0.39 is 11.7 Å². The second kappa shape index (κ2) is 12.3. The highest BCUT2D eigenvalue weighted by Crippen LogP contribution is 2.50. The number of ether oxygens (including phenoxy) is 1. The molecule has 35 heavy (non-hydrogen) atoms. The van der Waals surface area contributed by atoms with Crippen LogP contribution < -0.4 is 0 Å². The molecule has 5 atom stereocenters. The summed E-state index contributed by atoms with van der Waals surface area (Å²) in [5.41, 5.74) is 3.13. The van der Waals surface area contributed by atoms with Crippen molar-refractivity contribution in [1.82, 2.24) is 0 Å². The van der Waals surface area contributed by atoms with E-state index in [2.05, 4.69) is 27.7 Å². The summed E-state index contributed by atoms with van der Waals surface area (Å²) in [6.45, 7) is 16.3. The number of Topliss-reactive ketones (excluding diaryl/α,β-unsaturated/α-hetero) is 1. The minimum atomic E-state index is -0.673. The fourth-order valence-corrected chi connectivity index (χ4v) is 5.94. The fraction of sp³-hybridized carbons (Fsp3) is 0.774. The van der Waals surface area contributed by atoms with E-state index in [0.717, 1.165) is 68.9 Å². The van der Waals surface area contributed by atoms with Crippen molar-refractivity contribution < 1.29 is 19.7 Å². The van der Waals surface area contributed by atoms with Gasteiger partial charge in [-0.05, 0) is 121 Å². The fourth-order valence-electron chi connectivity index (χ4n) is 5.94. The molecule has 5 unspecified atom stereocenters. The highest BCUT2D eigenvalue weighted by atomic mass is 16.5. The quantitative estimate of drug-likeness (QED) is 0.210. The van der Waals surface area contributed by atoms with Crippen molar-refractivity contribution in [1.29, 1.82) is 0 Å². The van der Waals surface area contributed by atoms with Crippen LogP contribution in [0.25, 0.3) is 0 Å². The normalized spacial score (nSPS) is 29.9. The van der Waals surface area contributed by atoms with Crippen molar-refractivity contribution in [2.75, 3.05) is 0 Å². The average molecular weight is 489 g/mol. The number of fused-ring (bicyclic) bond motifs is 1. The molecule has 0 aromatic rings. The minimum absolute atomic E-state index is 0.104. The molecule has 1 aliphatic carbocycles. The van der Waals surface area contributed by atoms with E-state index in [1.54, 1.807) is 6.92 Å². The highest BCUT2D eigenvalue weighted by molar-refractivity contribution is 5.92. The lowest BCUT2D eigenvalue weighted by molar-refractivity contribution is -0.144. The van der Waals surface area contributed by atoms with Gasteiger partial charge in [0.15, 0.2) is 5.78 Å². The van der Waals surface area contributed by atoms with Crippen molar-refractivity contribution in [3.05, 3.63) is 34.4 Å². The van der Waals surface area contributed by atoms with Crippen LogP contribution in [0.1, 0.15) is 126 Å². The summed E-state index contributed by atoms with van der Waals surface area (Å²) in [6.07, 6.45) is 14.2. The Morgan fingerprint density at radius 2 is 1.91 bits per heavy atom. The SMILES string of the molecule is CCC12OC(C)(CCCC(C)CCCC(C)(O)CC/C=C(\C)C(C)=O)CCC1=CC(O)C(C)=C2C. The van der Waals surface area contributed by atoms with Gasteiger partial charge in [0.05, 0.1) is 17.3 Å². The van der Waals surface area contributed by atoms with Crippen LogP contribution in [0.3, 0.4) is 0 Å². The molecule has 1 heterocycles. The Morgan fingerprint density at radius 3 is 2.54 bits per heavy atom. The van der Waals surface area contributed by atoms with Gasteiger partial charge in [0, 0.05) is 0 Å². The highest BCUT2D eigenvalue weighted by Gasteiger charge is 2.48. The third-order valence-corrected chi connectivity index (χ3v) is 8.86. The van der Waals surface area contributed by atoms with Gasteiger partial charge >= 0.3 is 0 Å². The molecule has 4 nitrogen and oxygen atoms in total. The number of aliphatic hydroxyl groups is 2. The molecule has 2 N–H and O–H groups in total. The van der Waals surface area contributed by atoms with E-state index >= 15 is 0 Å². The molecule has 0 bridgehead atoms. The smallest absolute Gasteiger partial charge is 0.155 e. The van der Waals surface area contributed by atoms with E-state index in [1.165, 1.54) is 17.6 Å². The van der Waals surface area contributed by atoms with Crippen molar-refractivity contribution in [2.24, 2.45) is 5.92 Å². The predicted octanol–water partition coefficient (Wildman–Crippen LogP) is 7.38. The van der Waals surface area contributed by atoms with Gasteiger partial charge in [-0.25, -0.2) is 0 Å². The first-order valence-electron chi connectivity index (χ1n) is 13.9. The molecule has 0 saturated carbocycles.